The summed E-state index contributed by atoms with van der Waals surface area (Å²) in [6.07, 6.45) is 2.32. The number of methoxy groups -OCH3 is 1. The molecule has 4 rings (SSSR count). The lowest BCUT2D eigenvalue weighted by Crippen LogP contribution is -2.35. The first-order chi connectivity index (χ1) is 15.7. The molecule has 0 aliphatic carbocycles. The fraction of sp³-hybridized carbons (Fsp3) is 0.300. The number of ether oxygens (including phenoxy) is 3. The lowest BCUT2D eigenvalue weighted by atomic mass is 10.0. The van der Waals surface area contributed by atoms with Gasteiger partial charge in [-0.3, -0.25) is 0 Å². The van der Waals surface area contributed by atoms with E-state index in [9.17, 15) is 0 Å². The van der Waals surface area contributed by atoms with Crippen molar-refractivity contribution >= 4 is 34.8 Å². The Hall–Kier alpha value is -2.47. The minimum Gasteiger partial charge on any atom is -0.374 e. The number of nitrogens with zero attached hydrogens (tertiary/aromatic N) is 4. The average molecular weight is 518 g/mol. The molecule has 1 fully saturated rings. The van der Waals surface area contributed by atoms with Gasteiger partial charge in [-0.15, -0.1) is 10.1 Å². The zero-order valence-corrected chi connectivity index (χ0v) is 19.4. The molecule has 0 amide bonds. The van der Waals surface area contributed by atoms with Crippen LogP contribution in [0, 0.1) is 10.1 Å². The molecule has 3 unspecified atom stereocenters. The van der Waals surface area contributed by atoms with Crippen molar-refractivity contribution in [3.05, 3.63) is 91.4 Å². The third-order valence-corrected chi connectivity index (χ3v) is 5.59. The molecule has 1 N–H and O–H groups in total. The molecule has 1 saturated heterocycles. The van der Waals surface area contributed by atoms with Crippen LogP contribution in [0.2, 0.25) is 15.1 Å². The lowest BCUT2D eigenvalue weighted by Gasteiger charge is -2.30. The van der Waals surface area contributed by atoms with Crippen LogP contribution in [0.25, 0.3) is 0 Å². The Kier molecular flexibility index (Phi) is 8.46. The maximum absolute atomic E-state index is 8.36. The zero-order chi connectivity index (χ0) is 24.0. The summed E-state index contributed by atoms with van der Waals surface area (Å²) in [6, 6.07) is 12.7. The molecule has 10 nitrogen and oxygen atoms in total. The highest BCUT2D eigenvalue weighted by atomic mass is 35.5. The van der Waals surface area contributed by atoms with Crippen LogP contribution >= 0.6 is 34.8 Å². The highest BCUT2D eigenvalue weighted by Gasteiger charge is 2.48. The van der Waals surface area contributed by atoms with Crippen molar-refractivity contribution in [2.75, 3.05) is 13.7 Å². The number of rotatable bonds is 6. The largest absolute Gasteiger partial charge is 0.374 e. The second kappa shape index (κ2) is 11.1. The Morgan fingerprint density at radius 2 is 1.94 bits per heavy atom. The number of halogens is 3. The smallest absolute Gasteiger partial charge is 0.291 e. The SMILES string of the molecule is COC(c1ccc(Cl)cc1)C1COC(Cn2cncn2)(c2ccc(Cl)cc2Cl)O1.O=[N+]([O-])O. The van der Waals surface area contributed by atoms with Gasteiger partial charge < -0.3 is 19.4 Å². The maximum Gasteiger partial charge on any atom is 0.291 e. The summed E-state index contributed by atoms with van der Waals surface area (Å²) >= 11 is 18.6. The highest BCUT2D eigenvalue weighted by Crippen LogP contribution is 2.43. The predicted molar refractivity (Wildman–Crippen MR) is 119 cm³/mol. The molecule has 1 aliphatic heterocycles. The molecule has 0 saturated carbocycles. The van der Waals surface area contributed by atoms with Crippen molar-refractivity contribution in [2.45, 2.75) is 24.5 Å². The topological polar surface area (TPSA) is 122 Å². The minimum absolute atomic E-state index is 0.266. The average Bonchev–Trinajstić information content (AvgIpc) is 3.41. The second-order valence-electron chi connectivity index (χ2n) is 6.88. The molecule has 0 radical (unpaired) electrons. The van der Waals surface area contributed by atoms with Crippen LogP contribution in [-0.2, 0) is 26.5 Å². The molecule has 13 heteroatoms. The van der Waals surface area contributed by atoms with Gasteiger partial charge in [0.25, 0.3) is 5.09 Å². The monoisotopic (exact) mass is 516 g/mol. The van der Waals surface area contributed by atoms with Gasteiger partial charge in [0.15, 0.2) is 0 Å². The summed E-state index contributed by atoms with van der Waals surface area (Å²) in [7, 11) is 1.63. The summed E-state index contributed by atoms with van der Waals surface area (Å²) in [6.45, 7) is 0.566. The van der Waals surface area contributed by atoms with Crippen molar-refractivity contribution in [3.8, 4) is 0 Å². The quantitative estimate of drug-likeness (QED) is 0.373. The summed E-state index contributed by atoms with van der Waals surface area (Å²) in [5.74, 6) is -1.16. The number of benzene rings is 2. The van der Waals surface area contributed by atoms with E-state index in [4.69, 9.17) is 64.3 Å². The van der Waals surface area contributed by atoms with Crippen molar-refractivity contribution in [1.29, 1.82) is 0 Å². The van der Waals surface area contributed by atoms with E-state index in [-0.39, 0.29) is 18.8 Å². The Labute approximate surface area is 203 Å². The van der Waals surface area contributed by atoms with E-state index in [1.54, 1.807) is 36.3 Å². The van der Waals surface area contributed by atoms with Gasteiger partial charge in [0.1, 0.15) is 31.4 Å². The molecule has 1 aromatic heterocycles. The van der Waals surface area contributed by atoms with Crippen molar-refractivity contribution in [3.63, 3.8) is 0 Å². The standard InChI is InChI=1S/C20H18Cl3N3O3.HNO3/c1-27-19(13-2-4-14(21)5-3-13)18-9-28-20(29-18,10-26-12-24-11-25-26)16-7-6-15(22)8-17(16)23;2-1(3)4/h2-8,11-12,18-19H,9-10H2,1H3;(H,2,3,4). The Bertz CT molecular complexity index is 1070. The van der Waals surface area contributed by atoms with E-state index in [0.29, 0.717) is 27.2 Å². The van der Waals surface area contributed by atoms with E-state index < -0.39 is 10.9 Å². The Morgan fingerprint density at radius 1 is 1.27 bits per heavy atom. The number of aromatic nitrogens is 3. The van der Waals surface area contributed by atoms with E-state index in [2.05, 4.69) is 10.1 Å². The molecular weight excluding hydrogens is 499 g/mol. The fourth-order valence-corrected chi connectivity index (χ4v) is 4.15. The van der Waals surface area contributed by atoms with Crippen LogP contribution in [0.5, 0.6) is 0 Å². The van der Waals surface area contributed by atoms with E-state index in [0.717, 1.165) is 5.56 Å². The van der Waals surface area contributed by atoms with Crippen molar-refractivity contribution in [2.24, 2.45) is 0 Å². The molecule has 2 aromatic carbocycles. The summed E-state index contributed by atoms with van der Waals surface area (Å²) < 4.78 is 20.1. The molecule has 3 aromatic rings. The number of hydrogen-bond acceptors (Lipinski definition) is 7. The van der Waals surface area contributed by atoms with Gasteiger partial charge in [-0.25, -0.2) is 9.67 Å². The molecule has 33 heavy (non-hydrogen) atoms. The van der Waals surface area contributed by atoms with Gasteiger partial charge in [0.2, 0.25) is 5.79 Å². The first-order valence-corrected chi connectivity index (χ1v) is 10.6. The van der Waals surface area contributed by atoms with Gasteiger partial charge in [0, 0.05) is 22.7 Å². The third-order valence-electron chi connectivity index (χ3n) is 4.79. The van der Waals surface area contributed by atoms with Crippen LogP contribution in [0.4, 0.5) is 0 Å². The summed E-state index contributed by atoms with van der Waals surface area (Å²) in [5, 5.41) is 19.4. The van der Waals surface area contributed by atoms with Crippen molar-refractivity contribution < 1.29 is 24.5 Å². The van der Waals surface area contributed by atoms with Crippen LogP contribution in [-0.4, -0.2) is 44.9 Å². The first kappa shape index (κ1) is 25.2. The molecule has 176 valence electrons. The zero-order valence-electron chi connectivity index (χ0n) is 17.2. The normalized spacial score (nSPS) is 20.7. The third kappa shape index (κ3) is 6.32. The summed E-state index contributed by atoms with van der Waals surface area (Å²) in [4.78, 5) is 12.4. The Balaban J connectivity index is 0.000000709. The molecule has 0 bridgehead atoms. The maximum atomic E-state index is 8.36. The summed E-state index contributed by atoms with van der Waals surface area (Å²) in [5.41, 5.74) is 1.59. The van der Waals surface area contributed by atoms with Crippen LogP contribution in [0.1, 0.15) is 17.2 Å². The highest BCUT2D eigenvalue weighted by molar-refractivity contribution is 6.35. The van der Waals surface area contributed by atoms with E-state index in [1.165, 1.54) is 6.33 Å². The first-order valence-electron chi connectivity index (χ1n) is 9.45. The molecule has 2 heterocycles. The lowest BCUT2D eigenvalue weighted by molar-refractivity contribution is -0.742. The number of hydrogen-bond donors (Lipinski definition) is 1. The van der Waals surface area contributed by atoms with Gasteiger partial charge in [-0.1, -0.05) is 53.0 Å². The van der Waals surface area contributed by atoms with Gasteiger partial charge in [-0.2, -0.15) is 5.10 Å². The molecule has 0 spiro atoms. The van der Waals surface area contributed by atoms with Crippen LogP contribution in [0.15, 0.2) is 55.1 Å². The van der Waals surface area contributed by atoms with E-state index >= 15 is 0 Å². The second-order valence-corrected chi connectivity index (χ2v) is 8.16. The van der Waals surface area contributed by atoms with Gasteiger partial charge >= 0.3 is 0 Å². The molecule has 1 aliphatic rings. The Morgan fingerprint density at radius 3 is 2.52 bits per heavy atom. The minimum atomic E-state index is -1.50. The van der Waals surface area contributed by atoms with Crippen LogP contribution < -0.4 is 0 Å². The van der Waals surface area contributed by atoms with Gasteiger partial charge in [0.05, 0.1) is 11.6 Å². The predicted octanol–water partition coefficient (Wildman–Crippen LogP) is 4.55. The molecular formula is C20H19Cl3N4O6. The van der Waals surface area contributed by atoms with Gasteiger partial charge in [-0.05, 0) is 29.8 Å². The van der Waals surface area contributed by atoms with E-state index in [1.807, 2.05) is 24.3 Å². The molecule has 3 atom stereocenters. The van der Waals surface area contributed by atoms with Crippen LogP contribution in [0.3, 0.4) is 0 Å². The van der Waals surface area contributed by atoms with Crippen molar-refractivity contribution in [1.82, 2.24) is 14.8 Å². The fourth-order valence-electron chi connectivity index (χ4n) is 3.47.